The summed E-state index contributed by atoms with van der Waals surface area (Å²) in [5.41, 5.74) is 0.642. The Morgan fingerprint density at radius 1 is 1.40 bits per heavy atom. The molecule has 1 fully saturated rings. The Hall–Kier alpha value is -2.67. The molecule has 7 nitrogen and oxygen atoms in total. The van der Waals surface area contributed by atoms with Crippen LogP contribution in [0, 0.1) is 10.1 Å². The number of methoxy groups -OCH3 is 1. The van der Waals surface area contributed by atoms with Crippen LogP contribution < -0.4 is 0 Å². The van der Waals surface area contributed by atoms with Crippen molar-refractivity contribution in [3.8, 4) is 0 Å². The number of benzene rings is 1. The molecule has 1 amide bonds. The number of rotatable bonds is 6. The van der Waals surface area contributed by atoms with Crippen molar-refractivity contribution in [2.24, 2.45) is 0 Å². The third kappa shape index (κ3) is 3.88. The topological polar surface area (TPSA) is 85.8 Å². The molecule has 1 aromatic heterocycles. The van der Waals surface area contributed by atoms with Crippen molar-refractivity contribution >= 4 is 11.6 Å². The summed E-state index contributed by atoms with van der Waals surface area (Å²) >= 11 is 0. The molecule has 0 saturated carbocycles. The third-order valence-corrected chi connectivity index (χ3v) is 4.35. The van der Waals surface area contributed by atoms with Crippen LogP contribution >= 0.6 is 0 Å². The smallest absolute Gasteiger partial charge is 0.269 e. The van der Waals surface area contributed by atoms with E-state index >= 15 is 0 Å². The molecule has 132 valence electrons. The summed E-state index contributed by atoms with van der Waals surface area (Å²) in [5.74, 6) is 1.44. The quantitative estimate of drug-likeness (QED) is 0.593. The highest BCUT2D eigenvalue weighted by Crippen LogP contribution is 2.33. The number of nitro benzene ring substituents is 1. The van der Waals surface area contributed by atoms with Gasteiger partial charge in [0.2, 0.25) is 5.91 Å². The maximum absolute atomic E-state index is 12.7. The van der Waals surface area contributed by atoms with Crippen LogP contribution in [0.25, 0.3) is 0 Å². The average Bonchev–Trinajstić information content (AvgIpc) is 3.24. The second-order valence-corrected chi connectivity index (χ2v) is 6.09. The molecule has 1 aliphatic heterocycles. The number of hydrogen-bond acceptors (Lipinski definition) is 5. The number of furan rings is 1. The van der Waals surface area contributed by atoms with Gasteiger partial charge in [-0.3, -0.25) is 14.9 Å². The lowest BCUT2D eigenvalue weighted by Crippen LogP contribution is -2.31. The van der Waals surface area contributed by atoms with Crippen molar-refractivity contribution in [2.75, 3.05) is 13.7 Å². The van der Waals surface area contributed by atoms with E-state index in [0.717, 1.165) is 24.4 Å². The number of nitrogens with zero attached hydrogens (tertiary/aromatic N) is 2. The summed E-state index contributed by atoms with van der Waals surface area (Å²) in [6.45, 7) is 1.06. The zero-order valence-corrected chi connectivity index (χ0v) is 14.0. The lowest BCUT2D eigenvalue weighted by atomic mass is 10.1. The molecule has 0 radical (unpaired) electrons. The molecule has 25 heavy (non-hydrogen) atoms. The van der Waals surface area contributed by atoms with E-state index in [1.165, 1.54) is 12.1 Å². The highest BCUT2D eigenvalue weighted by molar-refractivity contribution is 5.79. The number of non-ortho nitro benzene ring substituents is 1. The van der Waals surface area contributed by atoms with E-state index in [9.17, 15) is 14.9 Å². The minimum absolute atomic E-state index is 0.00138. The average molecular weight is 344 g/mol. The Kier molecular flexibility index (Phi) is 5.14. The van der Waals surface area contributed by atoms with E-state index < -0.39 is 4.92 Å². The van der Waals surface area contributed by atoms with Crippen LogP contribution in [-0.2, 0) is 22.6 Å². The van der Waals surface area contributed by atoms with Crippen molar-refractivity contribution in [1.29, 1.82) is 0 Å². The minimum atomic E-state index is -0.452. The summed E-state index contributed by atoms with van der Waals surface area (Å²) < 4.78 is 10.8. The van der Waals surface area contributed by atoms with Crippen LogP contribution in [0.2, 0.25) is 0 Å². The number of ether oxygens (including phenoxy) is 1. The Balaban J connectivity index is 1.72. The molecule has 0 bridgehead atoms. The third-order valence-electron chi connectivity index (χ3n) is 4.35. The molecule has 0 aliphatic carbocycles. The molecule has 3 rings (SSSR count). The molecular weight excluding hydrogens is 324 g/mol. The highest BCUT2D eigenvalue weighted by atomic mass is 16.6. The molecule has 2 heterocycles. The summed E-state index contributed by atoms with van der Waals surface area (Å²) in [5, 5.41) is 10.9. The highest BCUT2D eigenvalue weighted by Gasteiger charge is 2.32. The Morgan fingerprint density at radius 3 is 3.00 bits per heavy atom. The second kappa shape index (κ2) is 7.48. The fourth-order valence-electron chi connectivity index (χ4n) is 3.21. The van der Waals surface area contributed by atoms with E-state index in [4.69, 9.17) is 9.15 Å². The maximum atomic E-state index is 12.7. The van der Waals surface area contributed by atoms with E-state index in [1.807, 2.05) is 12.1 Å². The molecule has 1 aliphatic rings. The first kappa shape index (κ1) is 17.2. The van der Waals surface area contributed by atoms with Crippen molar-refractivity contribution in [3.63, 3.8) is 0 Å². The van der Waals surface area contributed by atoms with Gasteiger partial charge in [0.05, 0.1) is 17.4 Å². The number of carbonyl (C=O) groups excluding carboxylic acids is 1. The van der Waals surface area contributed by atoms with Crippen LogP contribution in [-0.4, -0.2) is 29.4 Å². The first-order chi connectivity index (χ1) is 12.1. The van der Waals surface area contributed by atoms with Crippen molar-refractivity contribution in [3.05, 3.63) is 63.6 Å². The normalized spacial score (nSPS) is 17.0. The zero-order chi connectivity index (χ0) is 17.8. The van der Waals surface area contributed by atoms with Gasteiger partial charge in [-0.2, -0.15) is 0 Å². The first-order valence-corrected chi connectivity index (χ1v) is 8.19. The van der Waals surface area contributed by atoms with Gasteiger partial charge in [-0.15, -0.1) is 0 Å². The molecule has 1 saturated heterocycles. The summed E-state index contributed by atoms with van der Waals surface area (Å²) in [6, 6.07) is 9.88. The fraction of sp³-hybridized carbons (Fsp3) is 0.389. The molecule has 7 heteroatoms. The van der Waals surface area contributed by atoms with Gasteiger partial charge in [0.1, 0.15) is 18.1 Å². The molecule has 0 unspecified atom stereocenters. The van der Waals surface area contributed by atoms with E-state index in [0.29, 0.717) is 18.7 Å². The second-order valence-electron chi connectivity index (χ2n) is 6.09. The predicted octanol–water partition coefficient (Wildman–Crippen LogP) is 3.24. The van der Waals surface area contributed by atoms with Crippen LogP contribution in [0.5, 0.6) is 0 Å². The van der Waals surface area contributed by atoms with Crippen LogP contribution in [0.4, 0.5) is 5.69 Å². The van der Waals surface area contributed by atoms with E-state index in [-0.39, 0.29) is 24.1 Å². The Labute approximate surface area is 145 Å². The predicted molar refractivity (Wildman–Crippen MR) is 89.9 cm³/mol. The lowest BCUT2D eigenvalue weighted by molar-refractivity contribution is -0.384. The molecule has 1 aromatic carbocycles. The van der Waals surface area contributed by atoms with E-state index in [2.05, 4.69) is 0 Å². The molecule has 2 aromatic rings. The van der Waals surface area contributed by atoms with Gasteiger partial charge < -0.3 is 14.1 Å². The van der Waals surface area contributed by atoms with Crippen LogP contribution in [0.1, 0.15) is 36.0 Å². The van der Waals surface area contributed by atoms with Gasteiger partial charge >= 0.3 is 0 Å². The van der Waals surface area contributed by atoms with Gasteiger partial charge in [0, 0.05) is 25.8 Å². The van der Waals surface area contributed by atoms with Gasteiger partial charge in [-0.05, 0) is 30.5 Å². The number of amides is 1. The molecule has 0 N–H and O–H groups in total. The molecular formula is C18H20N2O5. The Morgan fingerprint density at radius 2 is 2.24 bits per heavy atom. The van der Waals surface area contributed by atoms with Crippen molar-refractivity contribution in [1.82, 2.24) is 4.90 Å². The number of likely N-dealkylation sites (tertiary alicyclic amines) is 1. The number of nitro groups is 1. The number of hydrogen-bond donors (Lipinski definition) is 0. The zero-order valence-electron chi connectivity index (χ0n) is 14.0. The van der Waals surface area contributed by atoms with E-state index in [1.54, 1.807) is 24.1 Å². The van der Waals surface area contributed by atoms with Gasteiger partial charge in [0.15, 0.2) is 0 Å². The minimum Gasteiger partial charge on any atom is -0.461 e. The lowest BCUT2D eigenvalue weighted by Gasteiger charge is -2.23. The van der Waals surface area contributed by atoms with Crippen molar-refractivity contribution in [2.45, 2.75) is 31.9 Å². The standard InChI is InChI=1S/C18H20N2O5/c1-24-12-15-7-8-17(25-15)16-6-3-9-19(16)18(21)11-13-4-2-5-14(10-13)20(22)23/h2,4-5,7-8,10,16H,3,6,9,11-12H2,1H3/t16-/m1/s1. The number of carbonyl (C=O) groups is 1. The maximum Gasteiger partial charge on any atom is 0.269 e. The first-order valence-electron chi connectivity index (χ1n) is 8.19. The van der Waals surface area contributed by atoms with Gasteiger partial charge in [0.25, 0.3) is 5.69 Å². The summed E-state index contributed by atoms with van der Waals surface area (Å²) in [6.07, 6.45) is 1.90. The Bertz CT molecular complexity index is 770. The molecule has 1 atom stereocenters. The van der Waals surface area contributed by atoms with Gasteiger partial charge in [-0.25, -0.2) is 0 Å². The largest absolute Gasteiger partial charge is 0.461 e. The summed E-state index contributed by atoms with van der Waals surface area (Å²) in [4.78, 5) is 24.9. The fourth-order valence-corrected chi connectivity index (χ4v) is 3.21. The van der Waals surface area contributed by atoms with Crippen molar-refractivity contribution < 1.29 is 18.9 Å². The van der Waals surface area contributed by atoms with Crippen LogP contribution in [0.3, 0.4) is 0 Å². The monoisotopic (exact) mass is 344 g/mol. The van der Waals surface area contributed by atoms with Gasteiger partial charge in [-0.1, -0.05) is 12.1 Å². The van der Waals surface area contributed by atoms with Crippen LogP contribution in [0.15, 0.2) is 40.8 Å². The molecule has 0 spiro atoms. The SMILES string of the molecule is COCc1ccc([C@H]2CCCN2C(=O)Cc2cccc([N+](=O)[O-])c2)o1. The summed E-state index contributed by atoms with van der Waals surface area (Å²) in [7, 11) is 1.60.